The van der Waals surface area contributed by atoms with Gasteiger partial charge in [0.1, 0.15) is 5.82 Å². The Balaban J connectivity index is 1.87. The van der Waals surface area contributed by atoms with Crippen molar-refractivity contribution in [2.24, 2.45) is 0 Å². The molecule has 2 rings (SSSR count). The van der Waals surface area contributed by atoms with Crippen LogP contribution in [0.2, 0.25) is 0 Å². The predicted molar refractivity (Wildman–Crippen MR) is 58.0 cm³/mol. The first-order chi connectivity index (χ1) is 6.75. The number of benzene rings is 1. The lowest BCUT2D eigenvalue weighted by Crippen LogP contribution is -2.14. The van der Waals surface area contributed by atoms with E-state index < -0.39 is 0 Å². The molecule has 1 aliphatic rings. The van der Waals surface area contributed by atoms with Crippen LogP contribution < -0.4 is 5.32 Å². The van der Waals surface area contributed by atoms with Crippen LogP contribution in [0.25, 0.3) is 0 Å². The van der Waals surface area contributed by atoms with Crippen LogP contribution in [0.4, 0.5) is 4.39 Å². The summed E-state index contributed by atoms with van der Waals surface area (Å²) in [4.78, 5) is 1.17. The summed E-state index contributed by atoms with van der Waals surface area (Å²) in [5.74, 6) is 0.777. The summed E-state index contributed by atoms with van der Waals surface area (Å²) in [5, 5.41) is 3.42. The average Bonchev–Trinajstić information content (AvgIpc) is 2.92. The maximum atomic E-state index is 12.8. The highest BCUT2D eigenvalue weighted by Gasteiger charge is 2.19. The largest absolute Gasteiger partial charge is 0.305 e. The molecule has 1 aromatic carbocycles. The maximum absolute atomic E-state index is 12.8. The first kappa shape index (κ1) is 9.99. The zero-order valence-electron chi connectivity index (χ0n) is 8.22. The number of thioether (sulfide) groups is 1. The molecular formula is C11H14FNS. The molecule has 1 nitrogen and oxygen atoms in total. The topological polar surface area (TPSA) is 12.0 Å². The number of halogens is 1. The second-order valence-corrected chi connectivity index (χ2v) is 4.69. The van der Waals surface area contributed by atoms with Crippen molar-refractivity contribution in [2.75, 3.05) is 5.88 Å². The van der Waals surface area contributed by atoms with Gasteiger partial charge in [0.15, 0.2) is 0 Å². The molecule has 0 heterocycles. The molecule has 3 heteroatoms. The van der Waals surface area contributed by atoms with Gasteiger partial charge < -0.3 is 5.32 Å². The Labute approximate surface area is 88.1 Å². The van der Waals surface area contributed by atoms with Gasteiger partial charge in [0.05, 0.1) is 0 Å². The van der Waals surface area contributed by atoms with E-state index in [0.29, 0.717) is 0 Å². The summed E-state index contributed by atoms with van der Waals surface area (Å²) >= 11 is 1.75. The van der Waals surface area contributed by atoms with Gasteiger partial charge in [-0.15, -0.1) is 11.8 Å². The summed E-state index contributed by atoms with van der Waals surface area (Å²) in [6.07, 6.45) is 2.62. The molecule has 1 saturated carbocycles. The third-order valence-electron chi connectivity index (χ3n) is 2.31. The third-order valence-corrected chi connectivity index (χ3v) is 3.39. The fourth-order valence-electron chi connectivity index (χ4n) is 1.30. The lowest BCUT2D eigenvalue weighted by Gasteiger charge is -2.05. The summed E-state index contributed by atoms with van der Waals surface area (Å²) < 4.78 is 12.8. The molecule has 0 aliphatic heterocycles. The molecule has 0 amide bonds. The molecular weight excluding hydrogens is 197 g/mol. The van der Waals surface area contributed by atoms with E-state index in [4.69, 9.17) is 0 Å². The van der Waals surface area contributed by atoms with Crippen molar-refractivity contribution >= 4 is 11.8 Å². The van der Waals surface area contributed by atoms with Crippen LogP contribution in [0.5, 0.6) is 0 Å². The molecule has 0 bridgehead atoms. The molecule has 14 heavy (non-hydrogen) atoms. The molecule has 76 valence electrons. The van der Waals surface area contributed by atoms with E-state index in [-0.39, 0.29) is 5.82 Å². The molecule has 0 aromatic heterocycles. The van der Waals surface area contributed by atoms with Gasteiger partial charge in [-0.1, -0.05) is 0 Å². The van der Waals surface area contributed by atoms with Gasteiger partial charge >= 0.3 is 0 Å². The van der Waals surface area contributed by atoms with Gasteiger partial charge in [0, 0.05) is 16.8 Å². The molecule has 0 atom stereocenters. The van der Waals surface area contributed by atoms with Gasteiger partial charge in [0.2, 0.25) is 0 Å². The van der Waals surface area contributed by atoms with Crippen molar-refractivity contribution < 1.29 is 4.39 Å². The zero-order valence-corrected chi connectivity index (χ0v) is 9.03. The van der Waals surface area contributed by atoms with E-state index in [9.17, 15) is 4.39 Å². The Kier molecular flexibility index (Phi) is 3.08. The first-order valence-electron chi connectivity index (χ1n) is 4.88. The van der Waals surface area contributed by atoms with Crippen molar-refractivity contribution in [1.82, 2.24) is 5.32 Å². The summed E-state index contributed by atoms with van der Waals surface area (Å²) in [6, 6.07) is 5.69. The molecule has 1 fully saturated rings. The van der Waals surface area contributed by atoms with Crippen molar-refractivity contribution in [1.29, 1.82) is 0 Å². The second-order valence-electron chi connectivity index (χ2n) is 3.68. The summed E-state index contributed by atoms with van der Waals surface area (Å²) in [7, 11) is 0. The van der Waals surface area contributed by atoms with Crippen LogP contribution >= 0.6 is 11.8 Å². The van der Waals surface area contributed by atoms with Crippen molar-refractivity contribution in [3.05, 3.63) is 29.6 Å². The van der Waals surface area contributed by atoms with E-state index in [1.54, 1.807) is 17.8 Å². The monoisotopic (exact) mass is 211 g/mol. The quantitative estimate of drug-likeness (QED) is 0.607. The minimum absolute atomic E-state index is 0.151. The Morgan fingerprint density at radius 3 is 2.93 bits per heavy atom. The Morgan fingerprint density at radius 1 is 1.50 bits per heavy atom. The van der Waals surface area contributed by atoms with E-state index >= 15 is 0 Å². The van der Waals surface area contributed by atoms with Crippen LogP contribution in [0.15, 0.2) is 23.1 Å². The second kappa shape index (κ2) is 4.32. The van der Waals surface area contributed by atoms with Gasteiger partial charge in [-0.25, -0.2) is 4.39 Å². The highest BCUT2D eigenvalue weighted by Crippen LogP contribution is 2.24. The fraction of sp³-hybridized carbons (Fsp3) is 0.455. The molecule has 0 unspecified atom stereocenters. The molecule has 0 saturated heterocycles. The molecule has 1 N–H and O–H groups in total. The number of nitrogens with one attached hydrogen (secondary N) is 1. The van der Waals surface area contributed by atoms with Crippen LogP contribution in [0, 0.1) is 12.7 Å². The van der Waals surface area contributed by atoms with E-state index in [1.165, 1.54) is 23.8 Å². The lowest BCUT2D eigenvalue weighted by molar-refractivity contribution is 0.625. The number of hydrogen-bond acceptors (Lipinski definition) is 2. The number of rotatable bonds is 4. The normalized spacial score (nSPS) is 15.9. The number of hydrogen-bond donors (Lipinski definition) is 1. The highest BCUT2D eigenvalue weighted by atomic mass is 32.2. The fourth-order valence-corrected chi connectivity index (χ4v) is 2.22. The number of aryl methyl sites for hydroxylation is 1. The summed E-state index contributed by atoms with van der Waals surface area (Å²) in [5.41, 5.74) is 1.02. The Morgan fingerprint density at radius 2 is 2.29 bits per heavy atom. The molecule has 1 aliphatic carbocycles. The minimum Gasteiger partial charge on any atom is -0.305 e. The predicted octanol–water partition coefficient (Wildman–Crippen LogP) is 2.94. The van der Waals surface area contributed by atoms with Crippen molar-refractivity contribution in [2.45, 2.75) is 30.7 Å². The van der Waals surface area contributed by atoms with Crippen molar-refractivity contribution in [3.63, 3.8) is 0 Å². The van der Waals surface area contributed by atoms with Crippen LogP contribution in [-0.2, 0) is 0 Å². The van der Waals surface area contributed by atoms with E-state index in [1.807, 2.05) is 13.0 Å². The van der Waals surface area contributed by atoms with Gasteiger partial charge in [-0.3, -0.25) is 0 Å². The first-order valence-corrected chi connectivity index (χ1v) is 5.86. The maximum Gasteiger partial charge on any atom is 0.123 e. The minimum atomic E-state index is -0.151. The summed E-state index contributed by atoms with van der Waals surface area (Å²) in [6.45, 7) is 1.95. The van der Waals surface area contributed by atoms with Gasteiger partial charge in [0.25, 0.3) is 0 Å². The Bertz CT molecular complexity index is 323. The Hall–Kier alpha value is -0.540. The lowest BCUT2D eigenvalue weighted by atomic mass is 10.2. The zero-order chi connectivity index (χ0) is 9.97. The molecule has 0 radical (unpaired) electrons. The third kappa shape index (κ3) is 2.72. The van der Waals surface area contributed by atoms with Gasteiger partial charge in [-0.05, 0) is 43.5 Å². The average molecular weight is 211 g/mol. The van der Waals surface area contributed by atoms with Crippen LogP contribution in [0.1, 0.15) is 18.4 Å². The van der Waals surface area contributed by atoms with Crippen LogP contribution in [-0.4, -0.2) is 11.9 Å². The van der Waals surface area contributed by atoms with Crippen LogP contribution in [0.3, 0.4) is 0 Å². The van der Waals surface area contributed by atoms with Crippen molar-refractivity contribution in [3.8, 4) is 0 Å². The SMILES string of the molecule is Cc1cc(F)ccc1SCNC1CC1. The standard InChI is InChI=1S/C11H14FNS/c1-8-6-9(12)2-5-11(8)14-7-13-10-3-4-10/h2,5-6,10,13H,3-4,7H2,1H3. The molecule has 0 spiro atoms. The highest BCUT2D eigenvalue weighted by molar-refractivity contribution is 7.99. The van der Waals surface area contributed by atoms with E-state index in [2.05, 4.69) is 5.32 Å². The molecule has 1 aromatic rings. The van der Waals surface area contributed by atoms with Gasteiger partial charge in [-0.2, -0.15) is 0 Å². The van der Waals surface area contributed by atoms with E-state index in [0.717, 1.165) is 17.5 Å². The smallest absolute Gasteiger partial charge is 0.123 e.